The lowest BCUT2D eigenvalue weighted by molar-refractivity contribution is -0.119. The first kappa shape index (κ1) is 24.4. The Kier molecular flexibility index (Phi) is 7.19. The molecule has 0 saturated heterocycles. The average molecular weight is 506 g/mol. The van der Waals surface area contributed by atoms with E-state index in [1.807, 2.05) is 49.4 Å². The van der Waals surface area contributed by atoms with E-state index in [0.29, 0.717) is 16.3 Å². The number of amides is 1. The summed E-state index contributed by atoms with van der Waals surface area (Å²) in [7, 11) is -4.05. The van der Waals surface area contributed by atoms with Crippen molar-refractivity contribution >= 4 is 50.2 Å². The summed E-state index contributed by atoms with van der Waals surface area (Å²) in [5, 5.41) is 6.48. The molecule has 0 unspecified atom stereocenters. The summed E-state index contributed by atoms with van der Waals surface area (Å²) in [6.07, 6.45) is 1.55. The Balaban J connectivity index is 1.61. The highest BCUT2D eigenvalue weighted by Crippen LogP contribution is 2.29. The monoisotopic (exact) mass is 505 g/mol. The van der Waals surface area contributed by atoms with Gasteiger partial charge in [-0.15, -0.1) is 0 Å². The molecule has 0 fully saturated rings. The van der Waals surface area contributed by atoms with Crippen LogP contribution in [0.15, 0.2) is 94.9 Å². The first-order valence-electron chi connectivity index (χ1n) is 10.9. The molecule has 0 spiro atoms. The molecule has 0 atom stereocenters. The number of benzene rings is 4. The molecule has 4 aromatic rings. The minimum Gasteiger partial charge on any atom is -0.271 e. The van der Waals surface area contributed by atoms with Gasteiger partial charge in [0.1, 0.15) is 6.54 Å². The predicted octanol–water partition coefficient (Wildman–Crippen LogP) is 5.46. The van der Waals surface area contributed by atoms with Gasteiger partial charge in [-0.2, -0.15) is 5.10 Å². The molecule has 0 radical (unpaired) electrons. The first-order chi connectivity index (χ1) is 16.8. The molecule has 1 amide bonds. The Bertz CT molecular complexity index is 1510. The molecule has 4 aromatic carbocycles. The van der Waals surface area contributed by atoms with Gasteiger partial charge in [-0.25, -0.2) is 13.8 Å². The number of anilines is 1. The van der Waals surface area contributed by atoms with Gasteiger partial charge in [0.2, 0.25) is 0 Å². The minimum absolute atomic E-state index is 0.0783. The van der Waals surface area contributed by atoms with Gasteiger partial charge >= 0.3 is 0 Å². The lowest BCUT2D eigenvalue weighted by Gasteiger charge is -2.25. The maximum absolute atomic E-state index is 13.5. The molecule has 0 heterocycles. The van der Waals surface area contributed by atoms with Crippen LogP contribution in [-0.2, 0) is 14.8 Å². The predicted molar refractivity (Wildman–Crippen MR) is 142 cm³/mol. The van der Waals surface area contributed by atoms with E-state index in [2.05, 4.69) is 10.5 Å². The van der Waals surface area contributed by atoms with Gasteiger partial charge in [0, 0.05) is 10.6 Å². The maximum atomic E-state index is 13.5. The number of hydrazone groups is 1. The highest BCUT2D eigenvalue weighted by Gasteiger charge is 2.28. The van der Waals surface area contributed by atoms with Gasteiger partial charge in [-0.1, -0.05) is 77.8 Å². The van der Waals surface area contributed by atoms with Crippen LogP contribution in [0.4, 0.5) is 5.69 Å². The third-order valence-corrected chi connectivity index (χ3v) is 7.56. The molecule has 0 aromatic heterocycles. The van der Waals surface area contributed by atoms with Crippen molar-refractivity contribution in [1.82, 2.24) is 5.43 Å². The summed E-state index contributed by atoms with van der Waals surface area (Å²) in [5.41, 5.74) is 5.20. The third-order valence-electron chi connectivity index (χ3n) is 5.55. The van der Waals surface area contributed by atoms with Crippen molar-refractivity contribution in [2.75, 3.05) is 10.8 Å². The smallest absolute Gasteiger partial charge is 0.264 e. The molecule has 0 bridgehead atoms. The molecule has 178 valence electrons. The van der Waals surface area contributed by atoms with Gasteiger partial charge < -0.3 is 0 Å². The zero-order valence-corrected chi connectivity index (χ0v) is 20.8. The minimum atomic E-state index is -4.05. The molecule has 0 aliphatic rings. The first-order valence-corrected chi connectivity index (χ1v) is 12.7. The standard InChI is InChI=1S/C27H24ClN3O3S/c1-19-10-14-24(15-11-19)35(33,34)31(26-16-23(28)13-12-20(26)2)18-27(32)30-29-17-22-8-5-7-21-6-3-4-9-25(21)22/h3-17H,18H2,1-2H3,(H,30,32)/b29-17-. The van der Waals surface area contributed by atoms with E-state index in [4.69, 9.17) is 11.6 Å². The third kappa shape index (κ3) is 5.53. The molecular weight excluding hydrogens is 482 g/mol. The number of fused-ring (bicyclic) bond motifs is 1. The van der Waals surface area contributed by atoms with Crippen LogP contribution in [0.3, 0.4) is 0 Å². The summed E-state index contributed by atoms with van der Waals surface area (Å²) in [5.74, 6) is -0.587. The number of carbonyl (C=O) groups is 1. The van der Waals surface area contributed by atoms with Gasteiger partial charge in [-0.05, 0) is 54.4 Å². The number of hydrogen-bond acceptors (Lipinski definition) is 4. The van der Waals surface area contributed by atoms with Crippen LogP contribution in [0, 0.1) is 13.8 Å². The largest absolute Gasteiger partial charge is 0.271 e. The number of nitrogens with one attached hydrogen (secondary N) is 1. The van der Waals surface area contributed by atoms with Gasteiger partial charge in [-0.3, -0.25) is 9.10 Å². The Hall–Kier alpha value is -3.68. The van der Waals surface area contributed by atoms with E-state index in [1.165, 1.54) is 18.2 Å². The molecule has 0 aliphatic carbocycles. The van der Waals surface area contributed by atoms with Crippen LogP contribution < -0.4 is 9.73 Å². The second-order valence-electron chi connectivity index (χ2n) is 8.12. The van der Waals surface area contributed by atoms with Gasteiger partial charge in [0.25, 0.3) is 15.9 Å². The fraction of sp³-hybridized carbons (Fsp3) is 0.111. The Morgan fingerprint density at radius 1 is 0.971 bits per heavy atom. The summed E-state index contributed by atoms with van der Waals surface area (Å²) in [6, 6.07) is 25.0. The summed E-state index contributed by atoms with van der Waals surface area (Å²) in [4.78, 5) is 12.9. The van der Waals surface area contributed by atoms with Crippen molar-refractivity contribution in [1.29, 1.82) is 0 Å². The zero-order valence-electron chi connectivity index (χ0n) is 19.3. The lowest BCUT2D eigenvalue weighted by Crippen LogP contribution is -2.40. The molecule has 0 saturated carbocycles. The molecule has 35 heavy (non-hydrogen) atoms. The summed E-state index contributed by atoms with van der Waals surface area (Å²) < 4.78 is 28.2. The number of sulfonamides is 1. The van der Waals surface area contributed by atoms with Crippen LogP contribution >= 0.6 is 11.6 Å². The van der Waals surface area contributed by atoms with E-state index in [9.17, 15) is 13.2 Å². The van der Waals surface area contributed by atoms with Crippen molar-refractivity contribution in [2.24, 2.45) is 5.10 Å². The average Bonchev–Trinajstić information content (AvgIpc) is 2.84. The van der Waals surface area contributed by atoms with Gasteiger partial charge in [0.15, 0.2) is 0 Å². The van der Waals surface area contributed by atoms with Crippen molar-refractivity contribution in [3.05, 3.63) is 107 Å². The topological polar surface area (TPSA) is 78.8 Å². The van der Waals surface area contributed by atoms with Gasteiger partial charge in [0.05, 0.1) is 16.8 Å². The van der Waals surface area contributed by atoms with Crippen molar-refractivity contribution in [3.8, 4) is 0 Å². The molecule has 4 rings (SSSR count). The van der Waals surface area contributed by atoms with Crippen molar-refractivity contribution < 1.29 is 13.2 Å². The second-order valence-corrected chi connectivity index (χ2v) is 10.4. The number of aryl methyl sites for hydroxylation is 2. The van der Waals surface area contributed by atoms with Crippen LogP contribution in [0.5, 0.6) is 0 Å². The van der Waals surface area contributed by atoms with Crippen LogP contribution in [0.2, 0.25) is 5.02 Å². The van der Waals surface area contributed by atoms with E-state index in [0.717, 1.165) is 26.2 Å². The van der Waals surface area contributed by atoms with E-state index < -0.39 is 22.5 Å². The van der Waals surface area contributed by atoms with Crippen molar-refractivity contribution in [2.45, 2.75) is 18.7 Å². The van der Waals surface area contributed by atoms with Crippen LogP contribution in [-0.4, -0.2) is 27.1 Å². The SMILES string of the molecule is Cc1ccc(S(=O)(=O)N(CC(=O)N/N=C\c2cccc3ccccc23)c2cc(Cl)ccc2C)cc1. The fourth-order valence-electron chi connectivity index (χ4n) is 3.69. The molecule has 8 heteroatoms. The highest BCUT2D eigenvalue weighted by atomic mass is 35.5. The summed E-state index contributed by atoms with van der Waals surface area (Å²) in [6.45, 7) is 3.17. The Labute approximate surface area is 209 Å². The van der Waals surface area contributed by atoms with Crippen LogP contribution in [0.1, 0.15) is 16.7 Å². The van der Waals surface area contributed by atoms with Crippen molar-refractivity contribution in [3.63, 3.8) is 0 Å². The zero-order chi connectivity index (χ0) is 25.0. The Morgan fingerprint density at radius 3 is 2.46 bits per heavy atom. The number of carbonyl (C=O) groups excluding carboxylic acids is 1. The lowest BCUT2D eigenvalue weighted by atomic mass is 10.1. The van der Waals surface area contributed by atoms with E-state index >= 15 is 0 Å². The number of nitrogens with zero attached hydrogens (tertiary/aromatic N) is 2. The molecule has 6 nitrogen and oxygen atoms in total. The van der Waals surface area contributed by atoms with E-state index in [1.54, 1.807) is 37.4 Å². The maximum Gasteiger partial charge on any atom is 0.264 e. The highest BCUT2D eigenvalue weighted by molar-refractivity contribution is 7.92. The number of hydrogen-bond donors (Lipinski definition) is 1. The molecular formula is C27H24ClN3O3S. The Morgan fingerprint density at radius 2 is 1.69 bits per heavy atom. The number of halogens is 1. The molecule has 1 N–H and O–H groups in total. The number of rotatable bonds is 7. The quantitative estimate of drug-likeness (QED) is 0.268. The normalized spacial score (nSPS) is 11.6. The fourth-order valence-corrected chi connectivity index (χ4v) is 5.33. The van der Waals surface area contributed by atoms with E-state index in [-0.39, 0.29) is 4.90 Å². The van der Waals surface area contributed by atoms with Crippen LogP contribution in [0.25, 0.3) is 10.8 Å². The second kappa shape index (κ2) is 10.3. The molecule has 0 aliphatic heterocycles. The summed E-state index contributed by atoms with van der Waals surface area (Å²) >= 11 is 6.17.